The largest absolute Gasteiger partial charge is 0.342 e. The van der Waals surface area contributed by atoms with Crippen molar-refractivity contribution in [3.63, 3.8) is 0 Å². The highest BCUT2D eigenvalue weighted by atomic mass is 16.2. The summed E-state index contributed by atoms with van der Waals surface area (Å²) in [4.78, 5) is 21.8. The molecule has 2 heterocycles. The van der Waals surface area contributed by atoms with Crippen LogP contribution in [-0.2, 0) is 11.3 Å². The number of aryl methyl sites for hydroxylation is 1. The van der Waals surface area contributed by atoms with Crippen molar-refractivity contribution in [2.24, 2.45) is 5.92 Å². The summed E-state index contributed by atoms with van der Waals surface area (Å²) in [6.07, 6.45) is 14.7. The van der Waals surface area contributed by atoms with Crippen LogP contribution < -0.4 is 0 Å². The van der Waals surface area contributed by atoms with Gasteiger partial charge in [0.2, 0.25) is 5.91 Å². The minimum atomic E-state index is 0.382. The first kappa shape index (κ1) is 19.4. The monoisotopic (exact) mass is 360 g/mol. The third kappa shape index (κ3) is 5.32. The normalized spacial score (nSPS) is 22.1. The van der Waals surface area contributed by atoms with Gasteiger partial charge in [-0.3, -0.25) is 4.79 Å². The van der Waals surface area contributed by atoms with Crippen molar-refractivity contribution in [1.82, 2.24) is 19.4 Å². The summed E-state index contributed by atoms with van der Waals surface area (Å²) in [5.41, 5.74) is 0. The molecule has 5 nitrogen and oxygen atoms in total. The van der Waals surface area contributed by atoms with E-state index in [1.165, 1.54) is 37.9 Å². The molecular weight excluding hydrogens is 324 g/mol. The molecular formula is C21H36N4O. The molecule has 1 aromatic heterocycles. The van der Waals surface area contributed by atoms with E-state index in [9.17, 15) is 4.79 Å². The average Bonchev–Trinajstić information content (AvgIpc) is 3.11. The zero-order valence-corrected chi connectivity index (χ0v) is 16.7. The molecule has 1 amide bonds. The molecule has 1 aliphatic carbocycles. The van der Waals surface area contributed by atoms with Gasteiger partial charge in [-0.15, -0.1) is 0 Å². The van der Waals surface area contributed by atoms with Crippen LogP contribution in [0, 0.1) is 5.92 Å². The minimum absolute atomic E-state index is 0.382. The number of nitrogens with zero attached hydrogens (tertiary/aromatic N) is 4. The number of likely N-dealkylation sites (tertiary alicyclic amines) is 1. The third-order valence-corrected chi connectivity index (χ3v) is 6.08. The number of hydrogen-bond donors (Lipinski definition) is 0. The number of hydrogen-bond acceptors (Lipinski definition) is 3. The van der Waals surface area contributed by atoms with E-state index in [1.807, 2.05) is 6.20 Å². The standard InChI is InChI=1S/C21H36N4O/c1-23(2)12-7-14-24-15-11-22-21(24)19-10-6-13-25(17-19)20(26)16-18-8-4-3-5-9-18/h11,15,18-19H,3-10,12-14,16-17H2,1-2H3. The highest BCUT2D eigenvalue weighted by Gasteiger charge is 2.28. The van der Waals surface area contributed by atoms with Crippen molar-refractivity contribution in [3.05, 3.63) is 18.2 Å². The molecule has 0 bridgehead atoms. The van der Waals surface area contributed by atoms with Gasteiger partial charge in [0.1, 0.15) is 5.82 Å². The van der Waals surface area contributed by atoms with Crippen LogP contribution in [0.4, 0.5) is 0 Å². The second-order valence-electron chi connectivity index (χ2n) is 8.52. The van der Waals surface area contributed by atoms with Crippen LogP contribution >= 0.6 is 0 Å². The van der Waals surface area contributed by atoms with Gasteiger partial charge in [-0.2, -0.15) is 0 Å². The molecule has 3 rings (SSSR count). The Morgan fingerprint density at radius 2 is 2.00 bits per heavy atom. The molecule has 1 saturated heterocycles. The number of amides is 1. The fraction of sp³-hybridized carbons (Fsp3) is 0.810. The molecule has 0 aromatic carbocycles. The zero-order chi connectivity index (χ0) is 18.4. The van der Waals surface area contributed by atoms with Crippen molar-refractivity contribution in [2.45, 2.75) is 70.3 Å². The maximum Gasteiger partial charge on any atom is 0.222 e. The van der Waals surface area contributed by atoms with Crippen molar-refractivity contribution >= 4 is 5.91 Å². The lowest BCUT2D eigenvalue weighted by Gasteiger charge is -2.34. The van der Waals surface area contributed by atoms with Crippen LogP contribution in [0.5, 0.6) is 0 Å². The highest BCUT2D eigenvalue weighted by Crippen LogP contribution is 2.30. The number of piperidine rings is 1. The third-order valence-electron chi connectivity index (χ3n) is 6.08. The number of carbonyl (C=O) groups is 1. The van der Waals surface area contributed by atoms with Gasteiger partial charge >= 0.3 is 0 Å². The Morgan fingerprint density at radius 3 is 2.77 bits per heavy atom. The lowest BCUT2D eigenvalue weighted by Crippen LogP contribution is -2.40. The summed E-state index contributed by atoms with van der Waals surface area (Å²) in [5, 5.41) is 0. The quantitative estimate of drug-likeness (QED) is 0.747. The van der Waals surface area contributed by atoms with Crippen LogP contribution in [0.1, 0.15) is 69.5 Å². The second kappa shape index (κ2) is 9.54. The average molecular weight is 361 g/mol. The molecule has 5 heteroatoms. The van der Waals surface area contributed by atoms with Gasteiger partial charge in [0.05, 0.1) is 0 Å². The van der Waals surface area contributed by atoms with E-state index in [4.69, 9.17) is 0 Å². The Labute approximate surface area is 158 Å². The fourth-order valence-corrected chi connectivity index (χ4v) is 4.61. The zero-order valence-electron chi connectivity index (χ0n) is 16.7. The lowest BCUT2D eigenvalue weighted by molar-refractivity contribution is -0.133. The van der Waals surface area contributed by atoms with Crippen LogP contribution in [0.15, 0.2) is 12.4 Å². The summed E-state index contributed by atoms with van der Waals surface area (Å²) in [6.45, 7) is 3.90. The van der Waals surface area contributed by atoms with Crippen molar-refractivity contribution in [1.29, 1.82) is 0 Å². The van der Waals surface area contributed by atoms with E-state index in [0.717, 1.165) is 51.9 Å². The molecule has 2 aliphatic rings. The molecule has 0 N–H and O–H groups in total. The van der Waals surface area contributed by atoms with Crippen LogP contribution in [0.3, 0.4) is 0 Å². The van der Waals surface area contributed by atoms with E-state index in [0.29, 0.717) is 17.7 Å². The molecule has 1 unspecified atom stereocenters. The molecule has 146 valence electrons. The highest BCUT2D eigenvalue weighted by molar-refractivity contribution is 5.76. The van der Waals surface area contributed by atoms with Crippen LogP contribution in [-0.4, -0.2) is 59.0 Å². The predicted molar refractivity (Wildman–Crippen MR) is 105 cm³/mol. The first-order chi connectivity index (χ1) is 12.6. The smallest absolute Gasteiger partial charge is 0.222 e. The molecule has 1 aromatic rings. The van der Waals surface area contributed by atoms with Gasteiger partial charge in [-0.1, -0.05) is 19.3 Å². The van der Waals surface area contributed by atoms with Gasteiger partial charge < -0.3 is 14.4 Å². The van der Waals surface area contributed by atoms with Gasteiger partial charge in [-0.25, -0.2) is 4.98 Å². The number of carbonyl (C=O) groups excluding carboxylic acids is 1. The minimum Gasteiger partial charge on any atom is -0.342 e. The second-order valence-corrected chi connectivity index (χ2v) is 8.52. The Bertz CT molecular complexity index is 562. The van der Waals surface area contributed by atoms with E-state index < -0.39 is 0 Å². The molecule has 1 aliphatic heterocycles. The summed E-state index contributed by atoms with van der Waals surface area (Å²) in [7, 11) is 4.23. The number of aromatic nitrogens is 2. The Hall–Kier alpha value is -1.36. The lowest BCUT2D eigenvalue weighted by atomic mass is 9.86. The molecule has 26 heavy (non-hydrogen) atoms. The first-order valence-electron chi connectivity index (χ1n) is 10.6. The maximum absolute atomic E-state index is 12.8. The Balaban J connectivity index is 1.54. The van der Waals surface area contributed by atoms with Crippen molar-refractivity contribution in [2.75, 3.05) is 33.7 Å². The predicted octanol–water partition coefficient (Wildman–Crippen LogP) is 3.51. The van der Waals surface area contributed by atoms with Gasteiger partial charge in [-0.05, 0) is 58.7 Å². The summed E-state index contributed by atoms with van der Waals surface area (Å²) >= 11 is 0. The van der Waals surface area contributed by atoms with Crippen molar-refractivity contribution in [3.8, 4) is 0 Å². The SMILES string of the molecule is CN(C)CCCn1ccnc1C1CCCN(C(=O)CC2CCCCC2)C1. The summed E-state index contributed by atoms with van der Waals surface area (Å²) < 4.78 is 2.31. The van der Waals surface area contributed by atoms with Crippen molar-refractivity contribution < 1.29 is 4.79 Å². The van der Waals surface area contributed by atoms with E-state index in [1.54, 1.807) is 0 Å². The topological polar surface area (TPSA) is 41.4 Å². The fourth-order valence-electron chi connectivity index (χ4n) is 4.61. The Morgan fingerprint density at radius 1 is 1.19 bits per heavy atom. The van der Waals surface area contributed by atoms with Gasteiger partial charge in [0.15, 0.2) is 0 Å². The van der Waals surface area contributed by atoms with Gasteiger partial charge in [0, 0.05) is 44.4 Å². The molecule has 1 saturated carbocycles. The summed E-state index contributed by atoms with van der Waals surface area (Å²) in [6, 6.07) is 0. The molecule has 0 radical (unpaired) electrons. The van der Waals surface area contributed by atoms with E-state index in [-0.39, 0.29) is 0 Å². The van der Waals surface area contributed by atoms with E-state index in [2.05, 4.69) is 39.6 Å². The summed E-state index contributed by atoms with van der Waals surface area (Å²) in [5.74, 6) is 2.59. The van der Waals surface area contributed by atoms with Crippen LogP contribution in [0.2, 0.25) is 0 Å². The molecule has 0 spiro atoms. The number of imidazole rings is 1. The number of rotatable bonds is 7. The first-order valence-corrected chi connectivity index (χ1v) is 10.6. The molecule has 1 atom stereocenters. The molecule has 2 fully saturated rings. The Kier molecular flexibility index (Phi) is 7.12. The maximum atomic E-state index is 12.8. The van der Waals surface area contributed by atoms with Crippen LogP contribution in [0.25, 0.3) is 0 Å². The van der Waals surface area contributed by atoms with E-state index >= 15 is 0 Å². The van der Waals surface area contributed by atoms with Gasteiger partial charge in [0.25, 0.3) is 0 Å².